The molecule has 0 fully saturated rings. The largest absolute Gasteiger partial charge is 0.473 e. The molecule has 0 saturated carbocycles. The third-order valence-corrected chi connectivity index (χ3v) is 3.60. The Balaban J connectivity index is 1.88. The van der Waals surface area contributed by atoms with Crippen molar-refractivity contribution in [2.75, 3.05) is 17.2 Å². The highest BCUT2D eigenvalue weighted by Gasteiger charge is 2.21. The minimum Gasteiger partial charge on any atom is -0.473 e. The van der Waals surface area contributed by atoms with Crippen LogP contribution >= 0.6 is 0 Å². The van der Waals surface area contributed by atoms with Gasteiger partial charge in [0, 0.05) is 13.1 Å². The monoisotopic (exact) mass is 284 g/mol. The number of fused-ring (bicyclic) bond motifs is 1. The predicted molar refractivity (Wildman–Crippen MR) is 83.4 cm³/mol. The smallest absolute Gasteiger partial charge is 0.242 e. The first-order valence-electron chi connectivity index (χ1n) is 7.24. The summed E-state index contributed by atoms with van der Waals surface area (Å²) in [5.74, 6) is 1.23. The lowest BCUT2D eigenvalue weighted by atomic mass is 10.00. The van der Waals surface area contributed by atoms with Crippen molar-refractivity contribution in [3.63, 3.8) is 0 Å². The van der Waals surface area contributed by atoms with Crippen LogP contribution in [-0.4, -0.2) is 22.6 Å². The van der Waals surface area contributed by atoms with Crippen LogP contribution in [0.5, 0.6) is 5.88 Å². The molecule has 110 valence electrons. The standard InChI is InChI=1S/C16H20N4O/c1-11(2)21-16-14(17)15(18-10-19-16)20-8-7-12-5-3-4-6-13(12)9-20/h3-6,10-11H,7-9,17H2,1-2H3. The summed E-state index contributed by atoms with van der Waals surface area (Å²) in [5.41, 5.74) is 9.44. The highest BCUT2D eigenvalue weighted by molar-refractivity contribution is 5.68. The Morgan fingerprint density at radius 3 is 2.71 bits per heavy atom. The Morgan fingerprint density at radius 1 is 1.19 bits per heavy atom. The van der Waals surface area contributed by atoms with Gasteiger partial charge in [0.25, 0.3) is 0 Å². The van der Waals surface area contributed by atoms with Crippen molar-refractivity contribution in [1.29, 1.82) is 0 Å². The van der Waals surface area contributed by atoms with E-state index in [1.165, 1.54) is 17.5 Å². The summed E-state index contributed by atoms with van der Waals surface area (Å²) in [4.78, 5) is 10.7. The van der Waals surface area contributed by atoms with E-state index in [1.54, 1.807) is 0 Å². The van der Waals surface area contributed by atoms with Gasteiger partial charge in [-0.3, -0.25) is 0 Å². The molecule has 1 aliphatic heterocycles. The number of benzene rings is 1. The van der Waals surface area contributed by atoms with Gasteiger partial charge in [-0.1, -0.05) is 24.3 Å². The number of nitrogens with zero attached hydrogens (tertiary/aromatic N) is 3. The van der Waals surface area contributed by atoms with Crippen molar-refractivity contribution in [3.05, 3.63) is 41.7 Å². The lowest BCUT2D eigenvalue weighted by Gasteiger charge is -2.30. The van der Waals surface area contributed by atoms with E-state index in [9.17, 15) is 0 Å². The molecule has 5 heteroatoms. The summed E-state index contributed by atoms with van der Waals surface area (Å²) in [6, 6.07) is 8.49. The first-order valence-corrected chi connectivity index (χ1v) is 7.24. The molecule has 0 atom stereocenters. The number of rotatable bonds is 3. The molecule has 0 radical (unpaired) electrons. The van der Waals surface area contributed by atoms with Gasteiger partial charge in [-0.05, 0) is 31.4 Å². The van der Waals surface area contributed by atoms with Crippen molar-refractivity contribution >= 4 is 11.5 Å². The van der Waals surface area contributed by atoms with Gasteiger partial charge in [-0.25, -0.2) is 4.98 Å². The molecular weight excluding hydrogens is 264 g/mol. The maximum Gasteiger partial charge on any atom is 0.242 e. The molecule has 3 rings (SSSR count). The fourth-order valence-electron chi connectivity index (χ4n) is 2.62. The van der Waals surface area contributed by atoms with Crippen molar-refractivity contribution < 1.29 is 4.74 Å². The maximum atomic E-state index is 6.19. The van der Waals surface area contributed by atoms with Gasteiger partial charge in [-0.2, -0.15) is 4.98 Å². The summed E-state index contributed by atoms with van der Waals surface area (Å²) < 4.78 is 5.64. The van der Waals surface area contributed by atoms with Gasteiger partial charge in [0.15, 0.2) is 5.82 Å². The summed E-state index contributed by atoms with van der Waals surface area (Å²) >= 11 is 0. The highest BCUT2D eigenvalue weighted by atomic mass is 16.5. The molecule has 2 N–H and O–H groups in total. The number of hydrogen-bond acceptors (Lipinski definition) is 5. The summed E-state index contributed by atoms with van der Waals surface area (Å²) in [5, 5.41) is 0. The van der Waals surface area contributed by atoms with Crippen LogP contribution in [0.1, 0.15) is 25.0 Å². The van der Waals surface area contributed by atoms with E-state index in [4.69, 9.17) is 10.5 Å². The first-order chi connectivity index (χ1) is 10.1. The van der Waals surface area contributed by atoms with Gasteiger partial charge in [0.2, 0.25) is 5.88 Å². The Hall–Kier alpha value is -2.30. The van der Waals surface area contributed by atoms with Crippen molar-refractivity contribution in [2.45, 2.75) is 32.9 Å². The number of ether oxygens (including phenoxy) is 1. The van der Waals surface area contributed by atoms with Crippen LogP contribution in [-0.2, 0) is 13.0 Å². The number of hydrogen-bond donors (Lipinski definition) is 1. The maximum absolute atomic E-state index is 6.19. The van der Waals surface area contributed by atoms with E-state index in [1.807, 2.05) is 13.8 Å². The van der Waals surface area contributed by atoms with Crippen LogP contribution in [0.15, 0.2) is 30.6 Å². The summed E-state index contributed by atoms with van der Waals surface area (Å²) in [6.45, 7) is 5.63. The van der Waals surface area contributed by atoms with Gasteiger partial charge in [0.05, 0.1) is 6.10 Å². The molecule has 21 heavy (non-hydrogen) atoms. The molecule has 1 aromatic carbocycles. The minimum atomic E-state index is 0.0390. The molecule has 0 saturated heterocycles. The zero-order chi connectivity index (χ0) is 14.8. The van der Waals surface area contributed by atoms with Gasteiger partial charge >= 0.3 is 0 Å². The van der Waals surface area contributed by atoms with E-state index >= 15 is 0 Å². The van der Waals surface area contributed by atoms with Crippen molar-refractivity contribution in [1.82, 2.24) is 9.97 Å². The van der Waals surface area contributed by atoms with Gasteiger partial charge < -0.3 is 15.4 Å². The molecule has 1 aromatic heterocycles. The Morgan fingerprint density at radius 2 is 1.95 bits per heavy atom. The Bertz CT molecular complexity index is 642. The highest BCUT2D eigenvalue weighted by Crippen LogP contribution is 2.31. The molecule has 5 nitrogen and oxygen atoms in total. The molecule has 0 amide bonds. The number of nitrogen functional groups attached to an aromatic ring is 1. The molecule has 2 heterocycles. The molecule has 0 aliphatic carbocycles. The molecular formula is C16H20N4O. The molecule has 0 unspecified atom stereocenters. The average molecular weight is 284 g/mol. The SMILES string of the molecule is CC(C)Oc1ncnc(N2CCc3ccccc3C2)c1N. The van der Waals surface area contributed by atoms with E-state index in [0.29, 0.717) is 11.6 Å². The van der Waals surface area contributed by atoms with Crippen molar-refractivity contribution in [2.24, 2.45) is 0 Å². The third kappa shape index (κ3) is 2.77. The second-order valence-electron chi connectivity index (χ2n) is 5.52. The quantitative estimate of drug-likeness (QED) is 0.937. The summed E-state index contributed by atoms with van der Waals surface area (Å²) in [6.07, 6.45) is 2.56. The van der Waals surface area contributed by atoms with Gasteiger partial charge in [0.1, 0.15) is 12.0 Å². The topological polar surface area (TPSA) is 64.3 Å². The van der Waals surface area contributed by atoms with Crippen LogP contribution in [0.4, 0.5) is 11.5 Å². The van der Waals surface area contributed by atoms with E-state index in [2.05, 4.69) is 39.1 Å². The van der Waals surface area contributed by atoms with E-state index in [-0.39, 0.29) is 6.10 Å². The zero-order valence-electron chi connectivity index (χ0n) is 12.4. The number of nitrogens with two attached hydrogens (primary N) is 1. The lowest BCUT2D eigenvalue weighted by molar-refractivity contribution is 0.234. The number of aromatic nitrogens is 2. The van der Waals surface area contributed by atoms with Crippen LogP contribution in [0.2, 0.25) is 0 Å². The lowest BCUT2D eigenvalue weighted by Crippen LogP contribution is -2.31. The van der Waals surface area contributed by atoms with Crippen LogP contribution in [0.25, 0.3) is 0 Å². The summed E-state index contributed by atoms with van der Waals surface area (Å²) in [7, 11) is 0. The third-order valence-electron chi connectivity index (χ3n) is 3.60. The zero-order valence-corrected chi connectivity index (χ0v) is 12.4. The fourth-order valence-corrected chi connectivity index (χ4v) is 2.62. The van der Waals surface area contributed by atoms with E-state index in [0.717, 1.165) is 25.3 Å². The second-order valence-corrected chi connectivity index (χ2v) is 5.52. The Labute approximate surface area is 124 Å². The van der Waals surface area contributed by atoms with Crippen LogP contribution in [0, 0.1) is 0 Å². The second kappa shape index (κ2) is 5.60. The predicted octanol–water partition coefficient (Wildman–Crippen LogP) is 2.41. The normalized spacial score (nSPS) is 14.1. The van der Waals surface area contributed by atoms with Crippen molar-refractivity contribution in [3.8, 4) is 5.88 Å². The van der Waals surface area contributed by atoms with E-state index < -0.39 is 0 Å². The van der Waals surface area contributed by atoms with Gasteiger partial charge in [-0.15, -0.1) is 0 Å². The Kier molecular flexibility index (Phi) is 3.64. The average Bonchev–Trinajstić information content (AvgIpc) is 2.48. The molecule has 0 bridgehead atoms. The fraction of sp³-hybridized carbons (Fsp3) is 0.375. The van der Waals surface area contributed by atoms with Crippen LogP contribution in [0.3, 0.4) is 0 Å². The molecule has 2 aromatic rings. The first kappa shape index (κ1) is 13.7. The van der Waals surface area contributed by atoms with Crippen LogP contribution < -0.4 is 15.4 Å². The number of anilines is 2. The molecule has 1 aliphatic rings. The minimum absolute atomic E-state index is 0.0390. The molecule has 0 spiro atoms.